The highest BCUT2D eigenvalue weighted by atomic mass is 32.1. The second-order valence-electron chi connectivity index (χ2n) is 3.32. The summed E-state index contributed by atoms with van der Waals surface area (Å²) in [6, 6.07) is 0. The van der Waals surface area contributed by atoms with E-state index in [9.17, 15) is 4.39 Å². The Bertz CT molecular complexity index is 373. The minimum absolute atomic E-state index is 0.0465. The van der Waals surface area contributed by atoms with Crippen molar-refractivity contribution in [3.8, 4) is 0 Å². The van der Waals surface area contributed by atoms with Crippen molar-refractivity contribution >= 4 is 12.2 Å². The molecule has 3 nitrogen and oxygen atoms in total. The average molecular weight is 214 g/mol. The van der Waals surface area contributed by atoms with Crippen molar-refractivity contribution in [2.45, 2.75) is 18.8 Å². The van der Waals surface area contributed by atoms with Crippen LogP contribution in [0.4, 0.5) is 4.39 Å². The van der Waals surface area contributed by atoms with Gasteiger partial charge in [-0.1, -0.05) is 12.2 Å². The van der Waals surface area contributed by atoms with Crippen LogP contribution in [-0.2, 0) is 4.74 Å². The van der Waals surface area contributed by atoms with Crippen LogP contribution in [0.15, 0.2) is 6.33 Å². The third-order valence-corrected chi connectivity index (χ3v) is 2.74. The van der Waals surface area contributed by atoms with Crippen LogP contribution in [0.25, 0.3) is 0 Å². The minimum atomic E-state index is -0.380. The van der Waals surface area contributed by atoms with Crippen molar-refractivity contribution in [2.24, 2.45) is 0 Å². The molecule has 0 aromatic carbocycles. The summed E-state index contributed by atoms with van der Waals surface area (Å²) in [6.45, 7) is 1.38. The number of rotatable bonds is 1. The molecular formula is C9H11FN2OS. The molecule has 1 fully saturated rings. The van der Waals surface area contributed by atoms with Crippen molar-refractivity contribution in [3.63, 3.8) is 0 Å². The van der Waals surface area contributed by atoms with Gasteiger partial charge in [0.2, 0.25) is 0 Å². The van der Waals surface area contributed by atoms with E-state index in [1.807, 2.05) is 0 Å². The summed E-state index contributed by atoms with van der Waals surface area (Å²) in [4.78, 5) is 6.53. The van der Waals surface area contributed by atoms with Crippen LogP contribution in [-0.4, -0.2) is 23.2 Å². The van der Waals surface area contributed by atoms with E-state index in [0.29, 0.717) is 18.9 Å². The fourth-order valence-corrected chi connectivity index (χ4v) is 1.84. The SMILES string of the molecule is Fc1c(C2CCOCC2)[nH]cnc1=S. The van der Waals surface area contributed by atoms with Gasteiger partial charge in [-0.15, -0.1) is 0 Å². The second-order valence-corrected chi connectivity index (χ2v) is 3.71. The first-order chi connectivity index (χ1) is 6.79. The lowest BCUT2D eigenvalue weighted by molar-refractivity contribution is 0.0836. The normalized spacial score (nSPS) is 18.4. The first-order valence-electron chi connectivity index (χ1n) is 4.60. The number of H-pyrrole nitrogens is 1. The van der Waals surface area contributed by atoms with Gasteiger partial charge in [-0.25, -0.2) is 9.37 Å². The number of hydrogen-bond acceptors (Lipinski definition) is 3. The lowest BCUT2D eigenvalue weighted by Gasteiger charge is -2.22. The Kier molecular flexibility index (Phi) is 2.88. The number of aromatic amines is 1. The summed E-state index contributed by atoms with van der Waals surface area (Å²) >= 11 is 4.77. The largest absolute Gasteiger partial charge is 0.381 e. The number of nitrogens with zero attached hydrogens (tertiary/aromatic N) is 1. The number of ether oxygens (including phenoxy) is 1. The molecule has 1 aliphatic rings. The molecule has 14 heavy (non-hydrogen) atoms. The highest BCUT2D eigenvalue weighted by molar-refractivity contribution is 7.71. The van der Waals surface area contributed by atoms with E-state index >= 15 is 0 Å². The second kappa shape index (κ2) is 4.14. The van der Waals surface area contributed by atoms with Gasteiger partial charge in [-0.2, -0.15) is 0 Å². The van der Waals surface area contributed by atoms with Gasteiger partial charge in [-0.05, 0) is 12.8 Å². The maximum atomic E-state index is 13.5. The lowest BCUT2D eigenvalue weighted by atomic mass is 9.96. The Morgan fingerprint density at radius 2 is 2.21 bits per heavy atom. The van der Waals surface area contributed by atoms with Crippen molar-refractivity contribution in [1.82, 2.24) is 9.97 Å². The zero-order valence-electron chi connectivity index (χ0n) is 7.62. The Hall–Kier alpha value is -0.810. The van der Waals surface area contributed by atoms with Crippen LogP contribution in [0, 0.1) is 10.5 Å². The summed E-state index contributed by atoms with van der Waals surface area (Å²) in [5.41, 5.74) is 0.577. The molecule has 1 aromatic heterocycles. The van der Waals surface area contributed by atoms with Gasteiger partial charge in [0.05, 0.1) is 12.0 Å². The van der Waals surface area contributed by atoms with E-state index in [1.165, 1.54) is 6.33 Å². The van der Waals surface area contributed by atoms with Crippen molar-refractivity contribution < 1.29 is 9.13 Å². The third kappa shape index (κ3) is 1.83. The number of halogens is 1. The van der Waals surface area contributed by atoms with Crippen LogP contribution in [0.5, 0.6) is 0 Å². The molecule has 2 rings (SSSR count). The van der Waals surface area contributed by atoms with Crippen molar-refractivity contribution in [2.75, 3.05) is 13.2 Å². The van der Waals surface area contributed by atoms with Gasteiger partial charge in [-0.3, -0.25) is 0 Å². The predicted octanol–water partition coefficient (Wildman–Crippen LogP) is 2.17. The Morgan fingerprint density at radius 3 is 2.93 bits per heavy atom. The maximum absolute atomic E-state index is 13.5. The molecule has 0 amide bonds. The van der Waals surface area contributed by atoms with E-state index in [1.54, 1.807) is 0 Å². The van der Waals surface area contributed by atoms with Crippen LogP contribution in [0.1, 0.15) is 24.5 Å². The molecule has 1 aromatic rings. The van der Waals surface area contributed by atoms with Gasteiger partial charge >= 0.3 is 0 Å². The first-order valence-corrected chi connectivity index (χ1v) is 5.00. The molecule has 5 heteroatoms. The topological polar surface area (TPSA) is 37.9 Å². The van der Waals surface area contributed by atoms with E-state index < -0.39 is 0 Å². The summed E-state index contributed by atoms with van der Waals surface area (Å²) in [7, 11) is 0. The molecule has 0 spiro atoms. The monoisotopic (exact) mass is 214 g/mol. The molecule has 0 radical (unpaired) electrons. The summed E-state index contributed by atoms with van der Waals surface area (Å²) in [5, 5.41) is 0. The molecule has 0 aliphatic carbocycles. The molecule has 2 heterocycles. The van der Waals surface area contributed by atoms with Crippen LogP contribution in [0.2, 0.25) is 0 Å². The van der Waals surface area contributed by atoms with E-state index in [-0.39, 0.29) is 16.4 Å². The maximum Gasteiger partial charge on any atom is 0.179 e. The Labute approximate surface area is 86.3 Å². The van der Waals surface area contributed by atoms with Crippen LogP contribution < -0.4 is 0 Å². The molecule has 0 unspecified atom stereocenters. The summed E-state index contributed by atoms with van der Waals surface area (Å²) in [5.74, 6) is -0.192. The fraction of sp³-hybridized carbons (Fsp3) is 0.556. The van der Waals surface area contributed by atoms with Crippen molar-refractivity contribution in [1.29, 1.82) is 0 Å². The molecule has 1 aliphatic heterocycles. The van der Waals surface area contributed by atoms with Gasteiger partial charge in [0, 0.05) is 19.1 Å². The molecule has 0 bridgehead atoms. The van der Waals surface area contributed by atoms with Crippen LogP contribution in [0.3, 0.4) is 0 Å². The molecule has 1 saturated heterocycles. The number of aromatic nitrogens is 2. The Morgan fingerprint density at radius 1 is 1.50 bits per heavy atom. The molecule has 1 N–H and O–H groups in total. The van der Waals surface area contributed by atoms with E-state index in [4.69, 9.17) is 17.0 Å². The molecule has 0 saturated carbocycles. The van der Waals surface area contributed by atoms with Gasteiger partial charge < -0.3 is 9.72 Å². The first kappa shape index (κ1) is 9.73. The quantitative estimate of drug-likeness (QED) is 0.728. The van der Waals surface area contributed by atoms with Crippen molar-refractivity contribution in [3.05, 3.63) is 22.5 Å². The fourth-order valence-electron chi connectivity index (χ4n) is 1.68. The minimum Gasteiger partial charge on any atom is -0.381 e. The molecule has 76 valence electrons. The zero-order valence-corrected chi connectivity index (χ0v) is 8.44. The Balaban J connectivity index is 2.30. The van der Waals surface area contributed by atoms with Gasteiger partial charge in [0.1, 0.15) is 0 Å². The summed E-state index contributed by atoms with van der Waals surface area (Å²) in [6.07, 6.45) is 3.13. The number of hydrogen-bond donors (Lipinski definition) is 1. The van der Waals surface area contributed by atoms with Gasteiger partial charge in [0.15, 0.2) is 10.5 Å². The van der Waals surface area contributed by atoms with E-state index in [2.05, 4.69) is 9.97 Å². The molecule has 0 atom stereocenters. The smallest absolute Gasteiger partial charge is 0.179 e. The zero-order chi connectivity index (χ0) is 9.97. The average Bonchev–Trinajstić information content (AvgIpc) is 2.23. The summed E-state index contributed by atoms with van der Waals surface area (Å²) < 4.78 is 18.8. The number of nitrogens with one attached hydrogen (secondary N) is 1. The van der Waals surface area contributed by atoms with Crippen LogP contribution >= 0.6 is 12.2 Å². The van der Waals surface area contributed by atoms with Gasteiger partial charge in [0.25, 0.3) is 0 Å². The third-order valence-electron chi connectivity index (χ3n) is 2.46. The highest BCUT2D eigenvalue weighted by Crippen LogP contribution is 2.26. The standard InChI is InChI=1S/C9H11FN2OS/c10-7-8(11-5-12-9(7)14)6-1-3-13-4-2-6/h5-6H,1-4H2,(H,11,12,14). The predicted molar refractivity (Wildman–Crippen MR) is 52.2 cm³/mol. The van der Waals surface area contributed by atoms with E-state index in [0.717, 1.165) is 12.8 Å². The molecular weight excluding hydrogens is 203 g/mol. The lowest BCUT2D eigenvalue weighted by Crippen LogP contribution is -2.16. The highest BCUT2D eigenvalue weighted by Gasteiger charge is 2.20.